The van der Waals surface area contributed by atoms with Crippen LogP contribution in [0.4, 0.5) is 0 Å². The number of hydrogen-bond donors (Lipinski definition) is 1. The van der Waals surface area contributed by atoms with Gasteiger partial charge in [-0.1, -0.05) is 0 Å². The van der Waals surface area contributed by atoms with Crippen molar-refractivity contribution >= 4 is 15.8 Å². The molecule has 1 N–H and O–H groups in total. The molecule has 2 aliphatic heterocycles. The monoisotopic (exact) mass is 247 g/mol. The lowest BCUT2D eigenvalue weighted by molar-refractivity contribution is -0.150. The minimum atomic E-state index is -3.20. The highest BCUT2D eigenvalue weighted by atomic mass is 32.2. The van der Waals surface area contributed by atoms with Crippen molar-refractivity contribution in [1.82, 2.24) is 4.90 Å². The van der Waals surface area contributed by atoms with Gasteiger partial charge in [0.1, 0.15) is 5.54 Å². The van der Waals surface area contributed by atoms with E-state index in [2.05, 4.69) is 0 Å². The molecule has 0 saturated carbocycles. The highest BCUT2D eigenvalue weighted by Gasteiger charge is 2.50. The van der Waals surface area contributed by atoms with Gasteiger partial charge in [-0.15, -0.1) is 0 Å². The van der Waals surface area contributed by atoms with E-state index in [0.29, 0.717) is 25.9 Å². The molecule has 5 nitrogen and oxygen atoms in total. The van der Waals surface area contributed by atoms with Gasteiger partial charge in [0, 0.05) is 0 Å². The third kappa shape index (κ3) is 1.96. The summed E-state index contributed by atoms with van der Waals surface area (Å²) in [6.07, 6.45) is 2.86. The second-order valence-electron chi connectivity index (χ2n) is 4.73. The molecule has 0 radical (unpaired) electrons. The first-order chi connectivity index (χ1) is 7.46. The average Bonchev–Trinajstić information content (AvgIpc) is 2.68. The van der Waals surface area contributed by atoms with E-state index in [-0.39, 0.29) is 11.5 Å². The van der Waals surface area contributed by atoms with E-state index in [1.807, 2.05) is 4.90 Å². The number of likely N-dealkylation sites (tertiary alicyclic amines) is 1. The molecule has 1 unspecified atom stereocenters. The van der Waals surface area contributed by atoms with Gasteiger partial charge in [0.15, 0.2) is 9.84 Å². The molecule has 2 aliphatic rings. The first-order valence-electron chi connectivity index (χ1n) is 5.65. The van der Waals surface area contributed by atoms with Crippen LogP contribution in [0, 0.1) is 0 Å². The summed E-state index contributed by atoms with van der Waals surface area (Å²) in [5.41, 5.74) is -1.15. The molecular formula is C10H17NO4S. The molecular weight excluding hydrogens is 230 g/mol. The van der Waals surface area contributed by atoms with Crippen LogP contribution >= 0.6 is 0 Å². The van der Waals surface area contributed by atoms with Crippen molar-refractivity contribution in [1.29, 1.82) is 0 Å². The van der Waals surface area contributed by atoms with Gasteiger partial charge in [0.05, 0.1) is 11.5 Å². The van der Waals surface area contributed by atoms with Gasteiger partial charge in [-0.2, -0.15) is 0 Å². The van der Waals surface area contributed by atoms with Crippen molar-refractivity contribution in [3.63, 3.8) is 0 Å². The number of hydrogen-bond acceptors (Lipinski definition) is 4. The van der Waals surface area contributed by atoms with Crippen LogP contribution < -0.4 is 0 Å². The molecule has 92 valence electrons. The Kier molecular flexibility index (Phi) is 2.96. The molecule has 1 atom stereocenters. The van der Waals surface area contributed by atoms with Crippen molar-refractivity contribution in [2.75, 3.05) is 24.6 Å². The van der Waals surface area contributed by atoms with Crippen LogP contribution in [0.2, 0.25) is 0 Å². The van der Waals surface area contributed by atoms with Crippen LogP contribution in [0.3, 0.4) is 0 Å². The quantitative estimate of drug-likeness (QED) is 0.750. The van der Waals surface area contributed by atoms with E-state index in [4.69, 9.17) is 0 Å². The molecule has 0 aromatic carbocycles. The maximum Gasteiger partial charge on any atom is 0.325 e. The predicted octanol–water partition coefficient (Wildman–Crippen LogP) is 0.114. The summed E-state index contributed by atoms with van der Waals surface area (Å²) >= 11 is 0. The summed E-state index contributed by atoms with van der Waals surface area (Å²) in [6, 6.07) is 0. The Morgan fingerprint density at radius 1 is 1.19 bits per heavy atom. The summed E-state index contributed by atoms with van der Waals surface area (Å²) in [6.45, 7) is 1.42. The standard InChI is InChI=1S/C10H17NO4S/c12-9(13)10(11-5-1-2-6-11)4-3-7-16(14,15)8-10/h1-8H2,(H,12,13). The SMILES string of the molecule is O=C(O)C1(N2CCCC2)CCCS(=O)(=O)C1. The second kappa shape index (κ2) is 4.00. The van der Waals surface area contributed by atoms with Crippen molar-refractivity contribution in [3.05, 3.63) is 0 Å². The largest absolute Gasteiger partial charge is 0.480 e. The van der Waals surface area contributed by atoms with Gasteiger partial charge >= 0.3 is 5.97 Å². The molecule has 0 amide bonds. The van der Waals surface area contributed by atoms with Crippen LogP contribution in [0.1, 0.15) is 25.7 Å². The minimum Gasteiger partial charge on any atom is -0.480 e. The zero-order valence-corrected chi connectivity index (χ0v) is 10.0. The Morgan fingerprint density at radius 3 is 2.31 bits per heavy atom. The van der Waals surface area contributed by atoms with E-state index in [9.17, 15) is 18.3 Å². The fraction of sp³-hybridized carbons (Fsp3) is 0.900. The lowest BCUT2D eigenvalue weighted by Crippen LogP contribution is -2.60. The Hall–Kier alpha value is -0.620. The molecule has 2 fully saturated rings. The van der Waals surface area contributed by atoms with Crippen LogP contribution in [0.15, 0.2) is 0 Å². The zero-order valence-electron chi connectivity index (χ0n) is 9.18. The fourth-order valence-corrected chi connectivity index (χ4v) is 4.70. The second-order valence-corrected chi connectivity index (χ2v) is 6.91. The van der Waals surface area contributed by atoms with Gasteiger partial charge in [-0.05, 0) is 38.8 Å². The zero-order chi connectivity index (χ0) is 11.8. The molecule has 2 rings (SSSR count). The van der Waals surface area contributed by atoms with Gasteiger partial charge in [0.2, 0.25) is 0 Å². The Labute approximate surface area is 95.4 Å². The number of aliphatic carboxylic acids is 1. The Bertz CT molecular complexity index is 386. The van der Waals surface area contributed by atoms with Crippen LogP contribution in [0.5, 0.6) is 0 Å². The third-order valence-electron chi connectivity index (χ3n) is 3.61. The van der Waals surface area contributed by atoms with E-state index in [1.165, 1.54) is 0 Å². The van der Waals surface area contributed by atoms with Crippen molar-refractivity contribution in [3.8, 4) is 0 Å². The summed E-state index contributed by atoms with van der Waals surface area (Å²) in [7, 11) is -3.20. The molecule has 6 heteroatoms. The smallest absolute Gasteiger partial charge is 0.325 e. The van der Waals surface area contributed by atoms with Gasteiger partial charge in [-0.3, -0.25) is 9.69 Å². The first kappa shape index (κ1) is 11.9. The summed E-state index contributed by atoms with van der Waals surface area (Å²) in [5, 5.41) is 9.38. The fourth-order valence-electron chi connectivity index (χ4n) is 2.79. The van der Waals surface area contributed by atoms with Gasteiger partial charge in [-0.25, -0.2) is 8.42 Å². The van der Waals surface area contributed by atoms with Crippen LogP contribution in [-0.2, 0) is 14.6 Å². The topological polar surface area (TPSA) is 74.7 Å². The molecule has 0 aromatic rings. The maximum absolute atomic E-state index is 11.6. The number of carbonyl (C=O) groups is 1. The lowest BCUT2D eigenvalue weighted by atomic mass is 9.93. The van der Waals surface area contributed by atoms with E-state index < -0.39 is 21.3 Å². The first-order valence-corrected chi connectivity index (χ1v) is 7.47. The molecule has 0 bridgehead atoms. The molecule has 16 heavy (non-hydrogen) atoms. The maximum atomic E-state index is 11.6. The van der Waals surface area contributed by atoms with E-state index >= 15 is 0 Å². The molecule has 2 heterocycles. The van der Waals surface area contributed by atoms with E-state index in [0.717, 1.165) is 12.8 Å². The predicted molar refractivity (Wildman–Crippen MR) is 59.1 cm³/mol. The van der Waals surface area contributed by atoms with Crippen LogP contribution in [-0.4, -0.2) is 54.5 Å². The molecule has 0 aliphatic carbocycles. The normalized spacial score (nSPS) is 35.0. The summed E-state index contributed by atoms with van der Waals surface area (Å²) in [5.74, 6) is -1.05. The number of sulfone groups is 1. The minimum absolute atomic E-state index is 0.135. The third-order valence-corrected chi connectivity index (χ3v) is 5.44. The van der Waals surface area contributed by atoms with E-state index in [1.54, 1.807) is 0 Å². The number of nitrogens with zero attached hydrogens (tertiary/aromatic N) is 1. The Morgan fingerprint density at radius 2 is 1.81 bits per heavy atom. The van der Waals surface area contributed by atoms with Crippen molar-refractivity contribution < 1.29 is 18.3 Å². The summed E-state index contributed by atoms with van der Waals surface area (Å²) in [4.78, 5) is 13.3. The molecule has 0 aromatic heterocycles. The number of carboxylic acid groups (broad SMARTS) is 1. The lowest BCUT2D eigenvalue weighted by Gasteiger charge is -2.40. The number of carboxylic acids is 1. The Balaban J connectivity index is 2.31. The summed E-state index contributed by atoms with van der Waals surface area (Å²) < 4.78 is 23.3. The molecule has 2 saturated heterocycles. The van der Waals surface area contributed by atoms with Crippen molar-refractivity contribution in [2.45, 2.75) is 31.2 Å². The van der Waals surface area contributed by atoms with Crippen molar-refractivity contribution in [2.24, 2.45) is 0 Å². The van der Waals surface area contributed by atoms with Gasteiger partial charge < -0.3 is 5.11 Å². The highest BCUT2D eigenvalue weighted by molar-refractivity contribution is 7.91. The number of rotatable bonds is 2. The molecule has 0 spiro atoms. The van der Waals surface area contributed by atoms with Gasteiger partial charge in [0.25, 0.3) is 0 Å². The van der Waals surface area contributed by atoms with Crippen LogP contribution in [0.25, 0.3) is 0 Å². The average molecular weight is 247 g/mol. The highest BCUT2D eigenvalue weighted by Crippen LogP contribution is 2.32.